The Kier molecular flexibility index (Phi) is 6.72. The summed E-state index contributed by atoms with van der Waals surface area (Å²) in [7, 11) is 0. The summed E-state index contributed by atoms with van der Waals surface area (Å²) in [6, 6.07) is 26.2. The van der Waals surface area contributed by atoms with Crippen LogP contribution in [0.4, 0.5) is 5.69 Å². The van der Waals surface area contributed by atoms with Gasteiger partial charge in [0.15, 0.2) is 6.61 Å². The molecule has 1 N–H and O–H groups in total. The number of furan rings is 1. The van der Waals surface area contributed by atoms with E-state index in [2.05, 4.69) is 10.4 Å². The SMILES string of the molecule is Cc1nn(-c2ccccc2)c(C)c1NC(=O)COC(=O)c1oc2ccccc2c1COc1ccccc1. The molecular weight excluding hydrogens is 470 g/mol. The number of hydrogen-bond donors (Lipinski definition) is 1. The van der Waals surface area contributed by atoms with Crippen molar-refractivity contribution in [3.05, 3.63) is 108 Å². The molecule has 0 fully saturated rings. The van der Waals surface area contributed by atoms with Gasteiger partial charge in [-0.3, -0.25) is 4.79 Å². The Morgan fingerprint density at radius 3 is 2.35 bits per heavy atom. The van der Waals surface area contributed by atoms with Crippen molar-refractivity contribution in [3.8, 4) is 11.4 Å². The summed E-state index contributed by atoms with van der Waals surface area (Å²) in [4.78, 5) is 25.6. The van der Waals surface area contributed by atoms with Crippen molar-refractivity contribution in [2.45, 2.75) is 20.5 Å². The van der Waals surface area contributed by atoms with Crippen LogP contribution in [0.25, 0.3) is 16.7 Å². The van der Waals surface area contributed by atoms with Crippen molar-refractivity contribution in [2.75, 3.05) is 11.9 Å². The lowest BCUT2D eigenvalue weighted by Crippen LogP contribution is -2.22. The van der Waals surface area contributed by atoms with Crippen LogP contribution in [0, 0.1) is 13.8 Å². The van der Waals surface area contributed by atoms with E-state index < -0.39 is 18.5 Å². The number of benzene rings is 3. The number of aryl methyl sites for hydroxylation is 1. The van der Waals surface area contributed by atoms with Gasteiger partial charge in [-0.25, -0.2) is 9.48 Å². The number of esters is 1. The van der Waals surface area contributed by atoms with E-state index in [0.29, 0.717) is 28.3 Å². The van der Waals surface area contributed by atoms with Crippen LogP contribution in [0.1, 0.15) is 27.5 Å². The first-order valence-corrected chi connectivity index (χ1v) is 11.8. The summed E-state index contributed by atoms with van der Waals surface area (Å²) in [6.07, 6.45) is 0. The third kappa shape index (κ3) is 5.08. The smallest absolute Gasteiger partial charge is 0.375 e. The Hall–Kier alpha value is -4.85. The van der Waals surface area contributed by atoms with Gasteiger partial charge in [0, 0.05) is 5.39 Å². The second kappa shape index (κ2) is 10.4. The summed E-state index contributed by atoms with van der Waals surface area (Å²) in [5.41, 5.74) is 3.96. The number of carbonyl (C=O) groups is 2. The standard InChI is InChI=1S/C29H25N3O5/c1-19-27(20(2)32(31-19)21-11-5-3-6-12-21)30-26(33)18-36-29(34)28-24(17-35-22-13-7-4-8-14-22)23-15-9-10-16-25(23)37-28/h3-16H,17-18H2,1-2H3,(H,30,33). The molecule has 0 spiro atoms. The number of amides is 1. The van der Waals surface area contributed by atoms with E-state index in [1.54, 1.807) is 10.7 Å². The summed E-state index contributed by atoms with van der Waals surface area (Å²) in [5.74, 6) is -0.556. The van der Waals surface area contributed by atoms with Crippen LogP contribution in [-0.2, 0) is 16.1 Å². The van der Waals surface area contributed by atoms with E-state index in [0.717, 1.165) is 16.8 Å². The van der Waals surface area contributed by atoms with Crippen LogP contribution in [0.15, 0.2) is 89.3 Å². The Balaban J connectivity index is 1.29. The van der Waals surface area contributed by atoms with Gasteiger partial charge in [0.25, 0.3) is 5.91 Å². The normalized spacial score (nSPS) is 10.9. The molecule has 0 aliphatic carbocycles. The predicted molar refractivity (Wildman–Crippen MR) is 139 cm³/mol. The van der Waals surface area contributed by atoms with Crippen LogP contribution in [0.2, 0.25) is 0 Å². The molecule has 0 unspecified atom stereocenters. The monoisotopic (exact) mass is 495 g/mol. The molecule has 3 aromatic carbocycles. The largest absolute Gasteiger partial charge is 0.489 e. The van der Waals surface area contributed by atoms with E-state index in [4.69, 9.17) is 13.9 Å². The molecule has 186 valence electrons. The van der Waals surface area contributed by atoms with Crippen LogP contribution in [0.5, 0.6) is 5.75 Å². The lowest BCUT2D eigenvalue weighted by Gasteiger charge is -2.09. The number of hydrogen-bond acceptors (Lipinski definition) is 6. The van der Waals surface area contributed by atoms with Gasteiger partial charge in [-0.1, -0.05) is 54.6 Å². The summed E-state index contributed by atoms with van der Waals surface area (Å²) < 4.78 is 18.7. The summed E-state index contributed by atoms with van der Waals surface area (Å²) in [5, 5.41) is 8.08. The van der Waals surface area contributed by atoms with E-state index in [-0.39, 0.29) is 12.4 Å². The molecule has 2 aromatic heterocycles. The van der Waals surface area contributed by atoms with E-state index >= 15 is 0 Å². The first-order chi connectivity index (χ1) is 18.0. The lowest BCUT2D eigenvalue weighted by molar-refractivity contribution is -0.119. The zero-order valence-corrected chi connectivity index (χ0v) is 20.4. The van der Waals surface area contributed by atoms with Crippen LogP contribution < -0.4 is 10.1 Å². The van der Waals surface area contributed by atoms with Crippen LogP contribution >= 0.6 is 0 Å². The quantitative estimate of drug-likeness (QED) is 0.281. The van der Waals surface area contributed by atoms with Crippen molar-refractivity contribution >= 4 is 28.5 Å². The molecule has 8 nitrogen and oxygen atoms in total. The Labute approximate surface area is 213 Å². The fraction of sp³-hybridized carbons (Fsp3) is 0.138. The number of carbonyl (C=O) groups excluding carboxylic acids is 2. The second-order valence-corrected chi connectivity index (χ2v) is 8.43. The highest BCUT2D eigenvalue weighted by molar-refractivity contribution is 5.98. The molecule has 2 heterocycles. The number of aromatic nitrogens is 2. The molecule has 8 heteroatoms. The maximum absolute atomic E-state index is 13.0. The molecule has 0 aliphatic heterocycles. The number of fused-ring (bicyclic) bond motifs is 1. The van der Waals surface area contributed by atoms with Crippen molar-refractivity contribution < 1.29 is 23.5 Å². The maximum atomic E-state index is 13.0. The zero-order valence-electron chi connectivity index (χ0n) is 20.4. The number of anilines is 1. The van der Waals surface area contributed by atoms with E-state index in [1.165, 1.54) is 0 Å². The summed E-state index contributed by atoms with van der Waals surface area (Å²) in [6.45, 7) is 3.29. The molecule has 1 amide bonds. The fourth-order valence-electron chi connectivity index (χ4n) is 4.10. The van der Waals surface area contributed by atoms with Gasteiger partial charge < -0.3 is 19.2 Å². The predicted octanol–water partition coefficient (Wildman–Crippen LogP) is 5.61. The number of nitrogens with zero attached hydrogens (tertiary/aromatic N) is 2. The van der Waals surface area contributed by atoms with Crippen molar-refractivity contribution in [1.82, 2.24) is 9.78 Å². The number of ether oxygens (including phenoxy) is 2. The molecule has 0 aliphatic rings. The van der Waals surface area contributed by atoms with Gasteiger partial charge in [-0.05, 0) is 44.2 Å². The highest BCUT2D eigenvalue weighted by Gasteiger charge is 2.24. The van der Waals surface area contributed by atoms with Crippen molar-refractivity contribution in [2.24, 2.45) is 0 Å². The van der Waals surface area contributed by atoms with Gasteiger partial charge in [-0.2, -0.15) is 5.10 Å². The topological polar surface area (TPSA) is 95.6 Å². The maximum Gasteiger partial charge on any atom is 0.375 e. The molecule has 0 saturated heterocycles. The average molecular weight is 496 g/mol. The van der Waals surface area contributed by atoms with Gasteiger partial charge in [-0.15, -0.1) is 0 Å². The molecule has 5 rings (SSSR count). The van der Waals surface area contributed by atoms with E-state index in [1.807, 2.05) is 92.7 Å². The minimum Gasteiger partial charge on any atom is -0.489 e. The number of para-hydroxylation sites is 3. The number of rotatable bonds is 8. The van der Waals surface area contributed by atoms with E-state index in [9.17, 15) is 9.59 Å². The van der Waals surface area contributed by atoms with Gasteiger partial charge in [0.2, 0.25) is 5.76 Å². The third-order valence-corrected chi connectivity index (χ3v) is 5.90. The Morgan fingerprint density at radius 1 is 0.919 bits per heavy atom. The third-order valence-electron chi connectivity index (χ3n) is 5.90. The Bertz CT molecular complexity index is 1560. The summed E-state index contributed by atoms with van der Waals surface area (Å²) >= 11 is 0. The molecular formula is C29H25N3O5. The molecule has 5 aromatic rings. The molecule has 37 heavy (non-hydrogen) atoms. The van der Waals surface area contributed by atoms with Crippen molar-refractivity contribution in [1.29, 1.82) is 0 Å². The van der Waals surface area contributed by atoms with Crippen LogP contribution in [0.3, 0.4) is 0 Å². The van der Waals surface area contributed by atoms with Crippen molar-refractivity contribution in [3.63, 3.8) is 0 Å². The molecule has 0 bridgehead atoms. The Morgan fingerprint density at radius 2 is 1.59 bits per heavy atom. The lowest BCUT2D eigenvalue weighted by atomic mass is 10.1. The molecule has 0 saturated carbocycles. The minimum absolute atomic E-state index is 0.00851. The molecule has 0 radical (unpaired) electrons. The highest BCUT2D eigenvalue weighted by Crippen LogP contribution is 2.28. The van der Waals surface area contributed by atoms with Gasteiger partial charge >= 0.3 is 5.97 Å². The van der Waals surface area contributed by atoms with Gasteiger partial charge in [0.1, 0.15) is 17.9 Å². The first-order valence-electron chi connectivity index (χ1n) is 11.8. The first kappa shape index (κ1) is 23.9. The average Bonchev–Trinajstić information content (AvgIpc) is 3.44. The van der Waals surface area contributed by atoms with Gasteiger partial charge in [0.05, 0.1) is 28.3 Å². The fourth-order valence-corrected chi connectivity index (χ4v) is 4.10. The highest BCUT2D eigenvalue weighted by atomic mass is 16.5. The van der Waals surface area contributed by atoms with Crippen LogP contribution in [-0.4, -0.2) is 28.3 Å². The molecule has 0 atom stereocenters. The minimum atomic E-state index is -0.744. The zero-order chi connectivity index (χ0) is 25.8. The second-order valence-electron chi connectivity index (χ2n) is 8.43. The number of nitrogens with one attached hydrogen (secondary N) is 1.